The molecule has 0 aliphatic heterocycles. The molecule has 0 aromatic carbocycles. The van der Waals surface area contributed by atoms with E-state index in [1.165, 1.54) is 0 Å². The third-order valence-electron chi connectivity index (χ3n) is 1.82. The molecule has 0 spiro atoms. The van der Waals surface area contributed by atoms with Crippen LogP contribution >= 0.6 is 0 Å². The number of rotatable bonds is 5. The fourth-order valence-electron chi connectivity index (χ4n) is 0.988. The van der Waals surface area contributed by atoms with Gasteiger partial charge < -0.3 is 14.6 Å². The Bertz CT molecular complexity index is 248. The molecular formula is C9H16N2O2. The van der Waals surface area contributed by atoms with Crippen molar-refractivity contribution in [2.24, 2.45) is 0 Å². The van der Waals surface area contributed by atoms with Gasteiger partial charge in [0.1, 0.15) is 5.76 Å². The summed E-state index contributed by atoms with van der Waals surface area (Å²) in [4.78, 5) is 0. The molecule has 1 aromatic rings. The minimum absolute atomic E-state index is 0.230. The second-order valence-corrected chi connectivity index (χ2v) is 3.11. The van der Waals surface area contributed by atoms with E-state index < -0.39 is 0 Å². The third-order valence-corrected chi connectivity index (χ3v) is 1.82. The first kappa shape index (κ1) is 10.2. The number of aromatic nitrogens is 1. The molecule has 0 bridgehead atoms. The lowest BCUT2D eigenvalue weighted by Gasteiger charge is -2.08. The minimum Gasteiger partial charge on any atom is -0.380 e. The number of aryl methyl sites for hydroxylation is 1. The number of methoxy groups -OCH3 is 1. The van der Waals surface area contributed by atoms with Crippen LogP contribution in [0.15, 0.2) is 10.6 Å². The molecule has 1 aromatic heterocycles. The molecule has 1 unspecified atom stereocenters. The van der Waals surface area contributed by atoms with Gasteiger partial charge in [-0.2, -0.15) is 0 Å². The van der Waals surface area contributed by atoms with Gasteiger partial charge in [-0.1, -0.05) is 5.16 Å². The van der Waals surface area contributed by atoms with Crippen LogP contribution in [0.1, 0.15) is 18.4 Å². The zero-order valence-electron chi connectivity index (χ0n) is 8.33. The van der Waals surface area contributed by atoms with Gasteiger partial charge in [0.05, 0.1) is 11.8 Å². The summed E-state index contributed by atoms with van der Waals surface area (Å²) >= 11 is 0. The Morgan fingerprint density at radius 2 is 2.46 bits per heavy atom. The summed E-state index contributed by atoms with van der Waals surface area (Å²) in [6, 6.07) is 1.92. The van der Waals surface area contributed by atoms with Crippen LogP contribution in [0.4, 0.5) is 0 Å². The second kappa shape index (κ2) is 4.99. The summed E-state index contributed by atoms with van der Waals surface area (Å²) in [5.74, 6) is 0.844. The lowest BCUT2D eigenvalue weighted by atomic mass is 10.3. The van der Waals surface area contributed by atoms with Gasteiger partial charge in [-0.15, -0.1) is 0 Å². The zero-order valence-corrected chi connectivity index (χ0v) is 8.33. The second-order valence-electron chi connectivity index (χ2n) is 3.11. The van der Waals surface area contributed by atoms with E-state index in [0.717, 1.165) is 24.5 Å². The number of ether oxygens (including phenoxy) is 1. The van der Waals surface area contributed by atoms with Crippen LogP contribution in [0.25, 0.3) is 0 Å². The maximum Gasteiger partial charge on any atom is 0.133 e. The Morgan fingerprint density at radius 3 is 3.00 bits per heavy atom. The van der Waals surface area contributed by atoms with Gasteiger partial charge in [-0.3, -0.25) is 0 Å². The fraction of sp³-hybridized carbons (Fsp3) is 0.667. The van der Waals surface area contributed by atoms with E-state index in [9.17, 15) is 0 Å². The summed E-state index contributed by atoms with van der Waals surface area (Å²) in [6.45, 7) is 5.45. The average Bonchev–Trinajstić information content (AvgIpc) is 2.51. The standard InChI is InChI=1S/C9H16N2O2/c1-7-4-9(11-13-7)6-10-5-8(2)12-3/h4,8,10H,5-6H2,1-3H3. The summed E-state index contributed by atoms with van der Waals surface area (Å²) in [6.07, 6.45) is 0.230. The summed E-state index contributed by atoms with van der Waals surface area (Å²) in [5, 5.41) is 7.08. The van der Waals surface area contributed by atoms with Gasteiger partial charge in [-0.25, -0.2) is 0 Å². The van der Waals surface area contributed by atoms with E-state index in [-0.39, 0.29) is 6.10 Å². The van der Waals surface area contributed by atoms with Crippen LogP contribution in [0.5, 0.6) is 0 Å². The molecule has 0 radical (unpaired) electrons. The molecule has 74 valence electrons. The van der Waals surface area contributed by atoms with Gasteiger partial charge in [0.15, 0.2) is 0 Å². The van der Waals surface area contributed by atoms with Crippen LogP contribution in [-0.4, -0.2) is 24.9 Å². The van der Waals surface area contributed by atoms with Crippen molar-refractivity contribution in [2.45, 2.75) is 26.5 Å². The Hall–Kier alpha value is -0.870. The van der Waals surface area contributed by atoms with Crippen molar-refractivity contribution in [3.8, 4) is 0 Å². The van der Waals surface area contributed by atoms with E-state index in [1.54, 1.807) is 7.11 Å². The molecule has 4 nitrogen and oxygen atoms in total. The smallest absolute Gasteiger partial charge is 0.133 e. The molecular weight excluding hydrogens is 168 g/mol. The van der Waals surface area contributed by atoms with Gasteiger partial charge in [0, 0.05) is 26.3 Å². The monoisotopic (exact) mass is 184 g/mol. The summed E-state index contributed by atoms with van der Waals surface area (Å²) in [5.41, 5.74) is 0.931. The van der Waals surface area contributed by atoms with E-state index >= 15 is 0 Å². The van der Waals surface area contributed by atoms with Crippen LogP contribution in [0, 0.1) is 6.92 Å². The van der Waals surface area contributed by atoms with Gasteiger partial charge >= 0.3 is 0 Å². The van der Waals surface area contributed by atoms with E-state index in [0.29, 0.717) is 0 Å². The summed E-state index contributed by atoms with van der Waals surface area (Å²) < 4.78 is 10.0. The molecule has 0 aliphatic carbocycles. The molecule has 0 saturated heterocycles. The predicted octanol–water partition coefficient (Wildman–Crippen LogP) is 1.11. The Balaban J connectivity index is 2.20. The van der Waals surface area contributed by atoms with Crippen molar-refractivity contribution in [1.29, 1.82) is 0 Å². The average molecular weight is 184 g/mol. The topological polar surface area (TPSA) is 47.3 Å². The molecule has 1 heterocycles. The van der Waals surface area contributed by atoms with Crippen molar-refractivity contribution >= 4 is 0 Å². The van der Waals surface area contributed by atoms with Crippen LogP contribution in [0.2, 0.25) is 0 Å². The van der Waals surface area contributed by atoms with Gasteiger partial charge in [0.25, 0.3) is 0 Å². The number of nitrogens with zero attached hydrogens (tertiary/aromatic N) is 1. The molecule has 0 amide bonds. The van der Waals surface area contributed by atoms with Crippen molar-refractivity contribution in [2.75, 3.05) is 13.7 Å². The minimum atomic E-state index is 0.230. The molecule has 1 atom stereocenters. The molecule has 1 rings (SSSR count). The maximum absolute atomic E-state index is 5.09. The zero-order chi connectivity index (χ0) is 9.68. The number of hydrogen-bond acceptors (Lipinski definition) is 4. The Morgan fingerprint density at radius 1 is 1.69 bits per heavy atom. The molecule has 13 heavy (non-hydrogen) atoms. The Kier molecular flexibility index (Phi) is 3.92. The molecule has 1 N–H and O–H groups in total. The van der Waals surface area contributed by atoms with Crippen LogP contribution in [-0.2, 0) is 11.3 Å². The van der Waals surface area contributed by atoms with E-state index in [4.69, 9.17) is 9.26 Å². The fourth-order valence-corrected chi connectivity index (χ4v) is 0.988. The van der Waals surface area contributed by atoms with Crippen molar-refractivity contribution in [3.05, 3.63) is 17.5 Å². The largest absolute Gasteiger partial charge is 0.380 e. The van der Waals surface area contributed by atoms with Crippen LogP contribution in [0.3, 0.4) is 0 Å². The lowest BCUT2D eigenvalue weighted by molar-refractivity contribution is 0.117. The van der Waals surface area contributed by atoms with E-state index in [2.05, 4.69) is 10.5 Å². The number of hydrogen-bond donors (Lipinski definition) is 1. The maximum atomic E-state index is 5.09. The van der Waals surface area contributed by atoms with Crippen LogP contribution < -0.4 is 5.32 Å². The highest BCUT2D eigenvalue weighted by molar-refractivity contribution is 5.02. The molecule has 0 fully saturated rings. The highest BCUT2D eigenvalue weighted by atomic mass is 16.5. The lowest BCUT2D eigenvalue weighted by Crippen LogP contribution is -2.25. The molecule has 0 aliphatic rings. The first-order chi connectivity index (χ1) is 6.22. The Labute approximate surface area is 78.2 Å². The first-order valence-electron chi connectivity index (χ1n) is 4.38. The number of nitrogens with one attached hydrogen (secondary N) is 1. The van der Waals surface area contributed by atoms with Gasteiger partial charge in [0.2, 0.25) is 0 Å². The normalized spacial score (nSPS) is 13.2. The highest BCUT2D eigenvalue weighted by Gasteiger charge is 2.01. The first-order valence-corrected chi connectivity index (χ1v) is 4.38. The van der Waals surface area contributed by atoms with Crippen molar-refractivity contribution in [1.82, 2.24) is 10.5 Å². The third kappa shape index (κ3) is 3.57. The van der Waals surface area contributed by atoms with Crippen molar-refractivity contribution in [3.63, 3.8) is 0 Å². The SMILES string of the molecule is COC(C)CNCc1cc(C)on1. The molecule has 0 saturated carbocycles. The van der Waals surface area contributed by atoms with Crippen molar-refractivity contribution < 1.29 is 9.26 Å². The molecule has 4 heteroatoms. The van der Waals surface area contributed by atoms with E-state index in [1.807, 2.05) is 19.9 Å². The summed E-state index contributed by atoms with van der Waals surface area (Å²) in [7, 11) is 1.70. The highest BCUT2D eigenvalue weighted by Crippen LogP contribution is 2.00. The van der Waals surface area contributed by atoms with Gasteiger partial charge in [-0.05, 0) is 13.8 Å². The predicted molar refractivity (Wildman–Crippen MR) is 49.4 cm³/mol. The quantitative estimate of drug-likeness (QED) is 0.744.